The molecular formula is C73H144N14O3. The number of anilines is 2. The Balaban J connectivity index is 1.83. The van der Waals surface area contributed by atoms with Crippen molar-refractivity contribution in [3.8, 4) is 0 Å². The van der Waals surface area contributed by atoms with Crippen LogP contribution in [0.4, 0.5) is 11.9 Å². The standard InChI is InChI=1S/C73H144N14O3/c1-24-34-43-80(44-35-25-2)65-76-62(77-66(79-65)81(45-36-26-3)46-37-27-4)73(32-9,33-10)84(61-57-71(19,20)87(90-52-31-8)72(21,22)58-61)49-42-40-39-41-48-82(59-53-67(11,12)85(88-50-29-6)68(13,14)54-59)63(74)78-64(75-23)83(47-38-28-5)60-55-69(15,16)86(89-51-30-7)70(17,18)56-60/h59-61H,24-58H2,1-23H3,(H2,74,75,78). The largest absolute Gasteiger partial charge is 0.369 e. The van der Waals surface area contributed by atoms with Crippen molar-refractivity contribution in [1.29, 1.82) is 0 Å². The first-order valence-corrected chi connectivity index (χ1v) is 37.2. The summed E-state index contributed by atoms with van der Waals surface area (Å²) in [6.07, 6.45) is 25.6. The van der Waals surface area contributed by atoms with Crippen LogP contribution in [0.5, 0.6) is 0 Å². The van der Waals surface area contributed by atoms with E-state index < -0.39 is 5.54 Å². The van der Waals surface area contributed by atoms with Crippen LogP contribution in [-0.2, 0) is 20.1 Å². The maximum atomic E-state index is 7.58. The zero-order valence-electron chi connectivity index (χ0n) is 63.1. The summed E-state index contributed by atoms with van der Waals surface area (Å²) in [7, 11) is 1.91. The fourth-order valence-corrected chi connectivity index (χ4v) is 16.2. The maximum absolute atomic E-state index is 7.58. The molecule has 3 aliphatic heterocycles. The molecule has 0 unspecified atom stereocenters. The quantitative estimate of drug-likeness (QED) is 0.0378. The molecule has 1 aromatic rings. The number of hydrogen-bond acceptors (Lipinski definition) is 13. The van der Waals surface area contributed by atoms with Crippen LogP contribution in [0.2, 0.25) is 0 Å². The van der Waals surface area contributed by atoms with Gasteiger partial charge in [0.1, 0.15) is 0 Å². The normalized spacial score (nSPS) is 20.3. The molecule has 3 aliphatic rings. The molecule has 0 atom stereocenters. The van der Waals surface area contributed by atoms with Crippen molar-refractivity contribution < 1.29 is 14.5 Å². The third kappa shape index (κ3) is 21.3. The van der Waals surface area contributed by atoms with E-state index in [4.69, 9.17) is 45.2 Å². The summed E-state index contributed by atoms with van der Waals surface area (Å²) >= 11 is 0. The molecule has 3 fully saturated rings. The zero-order chi connectivity index (χ0) is 67.1. The highest BCUT2D eigenvalue weighted by molar-refractivity contribution is 5.94. The van der Waals surface area contributed by atoms with Gasteiger partial charge in [-0.15, -0.1) is 0 Å². The zero-order valence-corrected chi connectivity index (χ0v) is 63.1. The number of unbranched alkanes of at least 4 members (excludes halogenated alkanes) is 8. The smallest absolute Gasteiger partial charge is 0.230 e. The lowest BCUT2D eigenvalue weighted by Gasteiger charge is -2.58. The van der Waals surface area contributed by atoms with Crippen molar-refractivity contribution in [2.24, 2.45) is 15.7 Å². The van der Waals surface area contributed by atoms with Crippen LogP contribution in [0.1, 0.15) is 319 Å². The SMILES string of the molecule is CCCCN(CCCC)c1nc(N(CCCC)CCCC)nc(C(CC)(CC)N(CCCCCCN(C(N)=NC(=NC)N(CCCC)C2CC(C)(C)N(OCCC)C(C)(C)C2)C2CC(C)(C)N(OCCC)C(C)(C)C2)C2CC(C)(C)N(OCCC)C(C)(C)C2)n1. The van der Waals surface area contributed by atoms with Crippen LogP contribution >= 0.6 is 0 Å². The lowest BCUT2D eigenvalue weighted by molar-refractivity contribution is -0.290. The fourth-order valence-electron chi connectivity index (χ4n) is 16.2. The van der Waals surface area contributed by atoms with Crippen LogP contribution in [0, 0.1) is 0 Å². The van der Waals surface area contributed by atoms with E-state index in [1.807, 2.05) is 7.05 Å². The van der Waals surface area contributed by atoms with Crippen molar-refractivity contribution in [1.82, 2.24) is 44.8 Å². The van der Waals surface area contributed by atoms with Crippen molar-refractivity contribution in [2.75, 3.05) is 82.5 Å². The molecule has 4 rings (SSSR count). The Morgan fingerprint density at radius 3 is 1.09 bits per heavy atom. The number of guanidine groups is 2. The van der Waals surface area contributed by atoms with E-state index in [2.05, 4.69) is 192 Å². The molecule has 0 bridgehead atoms. The van der Waals surface area contributed by atoms with E-state index in [1.54, 1.807) is 0 Å². The fraction of sp³-hybridized carbons (Fsp3) is 0.932. The summed E-state index contributed by atoms with van der Waals surface area (Å²) in [5.74, 6) is 3.98. The first-order valence-electron chi connectivity index (χ1n) is 37.2. The van der Waals surface area contributed by atoms with E-state index in [0.717, 1.165) is 237 Å². The molecule has 0 saturated carbocycles. The van der Waals surface area contributed by atoms with Crippen molar-refractivity contribution in [2.45, 2.75) is 370 Å². The number of aromatic nitrogens is 3. The molecule has 4 heterocycles. The molecule has 0 radical (unpaired) electrons. The molecule has 0 aliphatic carbocycles. The van der Waals surface area contributed by atoms with Crippen LogP contribution < -0.4 is 15.5 Å². The summed E-state index contributed by atoms with van der Waals surface area (Å²) in [5, 5.41) is 6.93. The topological polar surface area (TPSA) is 143 Å². The van der Waals surface area contributed by atoms with Gasteiger partial charge in [-0.3, -0.25) is 24.4 Å². The summed E-state index contributed by atoms with van der Waals surface area (Å²) in [5.41, 5.74) is 5.90. The van der Waals surface area contributed by atoms with Crippen LogP contribution in [0.25, 0.3) is 0 Å². The average molecular weight is 1270 g/mol. The second kappa shape index (κ2) is 36.8. The van der Waals surface area contributed by atoms with Gasteiger partial charge in [-0.25, -0.2) is 0 Å². The van der Waals surface area contributed by atoms with Gasteiger partial charge in [0, 0.05) is 97.7 Å². The van der Waals surface area contributed by atoms with Gasteiger partial charge in [-0.05, 0) is 205 Å². The first kappa shape index (κ1) is 79.5. The minimum absolute atomic E-state index is 0.151. The Morgan fingerprint density at radius 1 is 0.433 bits per heavy atom. The summed E-state index contributed by atoms with van der Waals surface area (Å²) < 4.78 is 0. The van der Waals surface area contributed by atoms with E-state index >= 15 is 0 Å². The van der Waals surface area contributed by atoms with Gasteiger partial charge in [-0.2, -0.15) is 35.1 Å². The Bertz CT molecular complexity index is 2140. The molecule has 3 saturated heterocycles. The molecule has 0 aromatic carbocycles. The van der Waals surface area contributed by atoms with Gasteiger partial charge in [0.05, 0.1) is 25.4 Å². The predicted molar refractivity (Wildman–Crippen MR) is 382 cm³/mol. The summed E-state index contributed by atoms with van der Waals surface area (Å²) in [4.78, 5) is 60.3. The van der Waals surface area contributed by atoms with E-state index in [9.17, 15) is 0 Å². The third-order valence-corrected chi connectivity index (χ3v) is 20.0. The molecule has 90 heavy (non-hydrogen) atoms. The van der Waals surface area contributed by atoms with E-state index in [-0.39, 0.29) is 51.4 Å². The highest BCUT2D eigenvalue weighted by Gasteiger charge is 2.53. The lowest BCUT2D eigenvalue weighted by Crippen LogP contribution is -2.66. The van der Waals surface area contributed by atoms with Gasteiger partial charge in [-0.1, -0.05) is 114 Å². The molecule has 17 heteroatoms. The number of hydroxylamine groups is 6. The van der Waals surface area contributed by atoms with Crippen LogP contribution in [-0.4, -0.2) is 181 Å². The minimum atomic E-state index is -0.427. The predicted octanol–water partition coefficient (Wildman–Crippen LogP) is 16.4. The molecule has 0 amide bonds. The van der Waals surface area contributed by atoms with E-state index in [0.29, 0.717) is 19.2 Å². The monoisotopic (exact) mass is 1270 g/mol. The van der Waals surface area contributed by atoms with Gasteiger partial charge in [0.15, 0.2) is 11.8 Å². The van der Waals surface area contributed by atoms with Crippen LogP contribution in [0.15, 0.2) is 9.98 Å². The molecule has 1 aromatic heterocycles. The van der Waals surface area contributed by atoms with Crippen molar-refractivity contribution in [3.63, 3.8) is 0 Å². The summed E-state index contributed by atoms with van der Waals surface area (Å²) in [6, 6.07) is 0.634. The highest BCUT2D eigenvalue weighted by Crippen LogP contribution is 2.47. The Morgan fingerprint density at radius 2 is 0.756 bits per heavy atom. The summed E-state index contributed by atoms with van der Waals surface area (Å²) in [6.45, 7) is 59.8. The number of rotatable bonds is 40. The minimum Gasteiger partial charge on any atom is -0.369 e. The number of piperidine rings is 3. The molecular weight excluding hydrogens is 1120 g/mol. The number of nitrogens with two attached hydrogens (primary N) is 1. The second-order valence-corrected chi connectivity index (χ2v) is 31.2. The van der Waals surface area contributed by atoms with Gasteiger partial charge < -0.3 is 25.3 Å². The third-order valence-electron chi connectivity index (χ3n) is 20.0. The Labute approximate surface area is 554 Å². The number of hydrogen-bond donors (Lipinski definition) is 1. The van der Waals surface area contributed by atoms with E-state index in [1.165, 1.54) is 0 Å². The van der Waals surface area contributed by atoms with Crippen LogP contribution in [0.3, 0.4) is 0 Å². The average Bonchev–Trinajstić information content (AvgIpc) is 0.882. The first-order chi connectivity index (χ1) is 42.5. The maximum Gasteiger partial charge on any atom is 0.230 e. The Hall–Kier alpha value is -2.93. The van der Waals surface area contributed by atoms with Gasteiger partial charge in [0.25, 0.3) is 0 Å². The molecule has 0 spiro atoms. The highest BCUT2D eigenvalue weighted by atomic mass is 16.7. The molecule has 17 nitrogen and oxygen atoms in total. The molecule has 524 valence electrons. The number of aliphatic imine (C=N–C) groups is 2. The van der Waals surface area contributed by atoms with Gasteiger partial charge >= 0.3 is 0 Å². The second-order valence-electron chi connectivity index (χ2n) is 31.2. The molecule has 2 N–H and O–H groups in total. The number of nitrogens with zero attached hydrogens (tertiary/aromatic N) is 13. The van der Waals surface area contributed by atoms with Crippen molar-refractivity contribution in [3.05, 3.63) is 5.82 Å². The van der Waals surface area contributed by atoms with Gasteiger partial charge in [0.2, 0.25) is 17.9 Å². The van der Waals surface area contributed by atoms with Crippen molar-refractivity contribution >= 4 is 23.8 Å². The Kier molecular flexibility index (Phi) is 32.5. The lowest BCUT2D eigenvalue weighted by atomic mass is 9.75.